The second-order valence-corrected chi connectivity index (χ2v) is 4.35. The summed E-state index contributed by atoms with van der Waals surface area (Å²) in [5, 5.41) is 5.23. The van der Waals surface area contributed by atoms with Crippen LogP contribution in [0.5, 0.6) is 0 Å². The molecule has 7 heteroatoms. The summed E-state index contributed by atoms with van der Waals surface area (Å²) in [4.78, 5) is 7.88. The Labute approximate surface area is 111 Å². The van der Waals surface area contributed by atoms with E-state index in [1.807, 2.05) is 0 Å². The summed E-state index contributed by atoms with van der Waals surface area (Å²) >= 11 is 11.6. The Kier molecular flexibility index (Phi) is 2.65. The monoisotopic (exact) mass is 282 g/mol. The molecule has 0 saturated carbocycles. The maximum Gasteiger partial charge on any atom is 0.167 e. The molecule has 0 amide bonds. The number of fused-ring (bicyclic) bond motifs is 1. The fourth-order valence-corrected chi connectivity index (χ4v) is 1.98. The fourth-order valence-electron chi connectivity index (χ4n) is 1.64. The summed E-state index contributed by atoms with van der Waals surface area (Å²) in [5.74, 6) is -0.484. The van der Waals surface area contributed by atoms with Gasteiger partial charge in [0.15, 0.2) is 5.65 Å². The number of benzene rings is 1. The standard InChI is InChI=1S/C11H5Cl2FN4/c12-6-1-2-9(8(14)3-6)18-11-7(4-17-18)10(13)15-5-16-11/h1-5H. The molecule has 0 radical (unpaired) electrons. The molecule has 0 bridgehead atoms. The van der Waals surface area contributed by atoms with E-state index < -0.39 is 5.82 Å². The van der Waals surface area contributed by atoms with E-state index in [4.69, 9.17) is 23.2 Å². The molecule has 0 N–H and O–H groups in total. The van der Waals surface area contributed by atoms with Crippen molar-refractivity contribution in [3.8, 4) is 5.69 Å². The third-order valence-electron chi connectivity index (χ3n) is 2.46. The van der Waals surface area contributed by atoms with Gasteiger partial charge in [0, 0.05) is 5.02 Å². The van der Waals surface area contributed by atoms with E-state index in [1.165, 1.54) is 29.3 Å². The Balaban J connectivity index is 2.29. The van der Waals surface area contributed by atoms with Crippen molar-refractivity contribution in [2.24, 2.45) is 0 Å². The Bertz CT molecular complexity index is 741. The molecular formula is C11H5Cl2FN4. The Hall–Kier alpha value is -1.72. The highest BCUT2D eigenvalue weighted by molar-refractivity contribution is 6.33. The number of rotatable bonds is 1. The molecule has 0 aliphatic heterocycles. The van der Waals surface area contributed by atoms with Gasteiger partial charge in [-0.2, -0.15) is 5.10 Å². The van der Waals surface area contributed by atoms with Gasteiger partial charge < -0.3 is 0 Å². The number of aromatic nitrogens is 4. The molecule has 0 aliphatic rings. The van der Waals surface area contributed by atoms with Gasteiger partial charge in [0.05, 0.1) is 11.6 Å². The third kappa shape index (κ3) is 1.72. The smallest absolute Gasteiger partial charge is 0.167 e. The topological polar surface area (TPSA) is 43.6 Å². The molecule has 2 heterocycles. The molecule has 3 rings (SSSR count). The molecule has 0 fully saturated rings. The lowest BCUT2D eigenvalue weighted by atomic mass is 10.3. The highest BCUT2D eigenvalue weighted by Crippen LogP contribution is 2.24. The van der Waals surface area contributed by atoms with E-state index in [0.29, 0.717) is 16.1 Å². The summed E-state index contributed by atoms with van der Waals surface area (Å²) in [6.45, 7) is 0. The van der Waals surface area contributed by atoms with E-state index in [2.05, 4.69) is 15.1 Å². The van der Waals surface area contributed by atoms with Crippen LogP contribution < -0.4 is 0 Å². The predicted molar refractivity (Wildman–Crippen MR) is 66.6 cm³/mol. The van der Waals surface area contributed by atoms with E-state index in [1.54, 1.807) is 6.07 Å². The number of hydrogen-bond donors (Lipinski definition) is 0. The minimum atomic E-state index is -0.484. The molecule has 1 aromatic carbocycles. The largest absolute Gasteiger partial charge is 0.224 e. The van der Waals surface area contributed by atoms with Gasteiger partial charge >= 0.3 is 0 Å². The quantitative estimate of drug-likeness (QED) is 0.644. The summed E-state index contributed by atoms with van der Waals surface area (Å²) in [7, 11) is 0. The average molecular weight is 283 g/mol. The molecule has 0 spiro atoms. The lowest BCUT2D eigenvalue weighted by Gasteiger charge is -2.04. The molecular weight excluding hydrogens is 278 g/mol. The molecule has 0 atom stereocenters. The van der Waals surface area contributed by atoms with Crippen molar-refractivity contribution >= 4 is 34.2 Å². The number of halogens is 3. The van der Waals surface area contributed by atoms with Gasteiger partial charge in [-0.25, -0.2) is 19.0 Å². The van der Waals surface area contributed by atoms with Gasteiger partial charge in [0.2, 0.25) is 0 Å². The zero-order valence-corrected chi connectivity index (χ0v) is 10.3. The van der Waals surface area contributed by atoms with E-state index in [9.17, 15) is 4.39 Å². The lowest BCUT2D eigenvalue weighted by molar-refractivity contribution is 0.612. The molecule has 3 aromatic rings. The van der Waals surface area contributed by atoms with Gasteiger partial charge in [0.1, 0.15) is 23.0 Å². The first-order valence-corrected chi connectivity index (χ1v) is 5.72. The predicted octanol–water partition coefficient (Wildman–Crippen LogP) is 3.26. The van der Waals surface area contributed by atoms with Crippen molar-refractivity contribution in [1.82, 2.24) is 19.7 Å². The van der Waals surface area contributed by atoms with Crippen molar-refractivity contribution in [3.63, 3.8) is 0 Å². The molecule has 0 saturated heterocycles. The molecule has 90 valence electrons. The molecule has 0 aliphatic carbocycles. The normalized spacial score (nSPS) is 11.1. The zero-order valence-electron chi connectivity index (χ0n) is 8.81. The first-order valence-electron chi connectivity index (χ1n) is 4.96. The van der Waals surface area contributed by atoms with Crippen LogP contribution in [0, 0.1) is 5.82 Å². The maximum absolute atomic E-state index is 13.8. The first-order chi connectivity index (χ1) is 8.66. The van der Waals surface area contributed by atoms with Crippen molar-refractivity contribution in [3.05, 3.63) is 46.7 Å². The van der Waals surface area contributed by atoms with Gasteiger partial charge in [0.25, 0.3) is 0 Å². The van der Waals surface area contributed by atoms with Crippen molar-refractivity contribution in [2.75, 3.05) is 0 Å². The third-order valence-corrected chi connectivity index (χ3v) is 2.99. The zero-order chi connectivity index (χ0) is 12.7. The van der Waals surface area contributed by atoms with Gasteiger partial charge in [-0.3, -0.25) is 0 Å². The van der Waals surface area contributed by atoms with Crippen molar-refractivity contribution in [1.29, 1.82) is 0 Å². The van der Waals surface area contributed by atoms with E-state index in [-0.39, 0.29) is 10.8 Å². The summed E-state index contributed by atoms with van der Waals surface area (Å²) in [6.07, 6.45) is 2.79. The van der Waals surface area contributed by atoms with Crippen molar-refractivity contribution < 1.29 is 4.39 Å². The Morgan fingerprint density at radius 3 is 2.78 bits per heavy atom. The average Bonchev–Trinajstić information content (AvgIpc) is 2.74. The van der Waals surface area contributed by atoms with Crippen LogP contribution in [0.25, 0.3) is 16.7 Å². The SMILES string of the molecule is Fc1cc(Cl)ccc1-n1ncc2c(Cl)ncnc21. The van der Waals surface area contributed by atoms with E-state index in [0.717, 1.165) is 0 Å². The Morgan fingerprint density at radius 2 is 2.00 bits per heavy atom. The minimum absolute atomic E-state index is 0.254. The van der Waals surface area contributed by atoms with Crippen LogP contribution in [0.2, 0.25) is 10.2 Å². The van der Waals surface area contributed by atoms with Crippen LogP contribution >= 0.6 is 23.2 Å². The maximum atomic E-state index is 13.8. The first kappa shape index (κ1) is 11.4. The number of nitrogens with zero attached hydrogens (tertiary/aromatic N) is 4. The Morgan fingerprint density at radius 1 is 1.17 bits per heavy atom. The van der Waals surface area contributed by atoms with Crippen LogP contribution in [0.3, 0.4) is 0 Å². The molecule has 0 unspecified atom stereocenters. The van der Waals surface area contributed by atoms with Crippen LogP contribution in [-0.4, -0.2) is 19.7 Å². The van der Waals surface area contributed by atoms with Gasteiger partial charge in [-0.1, -0.05) is 23.2 Å². The minimum Gasteiger partial charge on any atom is -0.224 e. The van der Waals surface area contributed by atoms with Crippen LogP contribution in [-0.2, 0) is 0 Å². The fraction of sp³-hybridized carbons (Fsp3) is 0. The second kappa shape index (κ2) is 4.19. The van der Waals surface area contributed by atoms with Gasteiger partial charge in [-0.05, 0) is 18.2 Å². The van der Waals surface area contributed by atoms with Crippen LogP contribution in [0.4, 0.5) is 4.39 Å². The molecule has 4 nitrogen and oxygen atoms in total. The highest BCUT2D eigenvalue weighted by atomic mass is 35.5. The molecule has 2 aromatic heterocycles. The van der Waals surface area contributed by atoms with Crippen LogP contribution in [0.1, 0.15) is 0 Å². The summed E-state index contributed by atoms with van der Waals surface area (Å²) < 4.78 is 15.2. The summed E-state index contributed by atoms with van der Waals surface area (Å²) in [6, 6.07) is 4.32. The highest BCUT2D eigenvalue weighted by Gasteiger charge is 2.12. The lowest BCUT2D eigenvalue weighted by Crippen LogP contribution is -2.00. The van der Waals surface area contributed by atoms with Crippen molar-refractivity contribution in [2.45, 2.75) is 0 Å². The van der Waals surface area contributed by atoms with Crippen LogP contribution in [0.15, 0.2) is 30.7 Å². The second-order valence-electron chi connectivity index (χ2n) is 3.55. The molecule has 18 heavy (non-hydrogen) atoms. The number of hydrogen-bond acceptors (Lipinski definition) is 3. The van der Waals surface area contributed by atoms with E-state index >= 15 is 0 Å². The van der Waals surface area contributed by atoms with Gasteiger partial charge in [-0.15, -0.1) is 0 Å². The summed E-state index contributed by atoms with van der Waals surface area (Å²) in [5.41, 5.74) is 0.695.